The van der Waals surface area contributed by atoms with E-state index in [2.05, 4.69) is 12.2 Å². The molecule has 0 aliphatic rings. The van der Waals surface area contributed by atoms with Crippen LogP contribution in [0.15, 0.2) is 0 Å². The highest BCUT2D eigenvalue weighted by Crippen LogP contribution is 2.07. The Balaban J connectivity index is 3.22. The lowest BCUT2D eigenvalue weighted by atomic mass is 10.1. The van der Waals surface area contributed by atoms with Gasteiger partial charge >= 0.3 is 0 Å². The molecule has 3 nitrogen and oxygen atoms in total. The summed E-state index contributed by atoms with van der Waals surface area (Å²) in [5, 5.41) is 11.8. The second-order valence-electron chi connectivity index (χ2n) is 5.30. The maximum absolute atomic E-state index is 11.5. The average molecular weight is 257 g/mol. The molecule has 0 aliphatic carbocycles. The van der Waals surface area contributed by atoms with E-state index in [1.165, 1.54) is 32.1 Å². The minimum absolute atomic E-state index is 0.183. The Hall–Kier alpha value is -0.570. The molecule has 0 heterocycles. The lowest BCUT2D eigenvalue weighted by molar-refractivity contribution is -0.121. The predicted molar refractivity (Wildman–Crippen MR) is 76.5 cm³/mol. The van der Waals surface area contributed by atoms with E-state index < -0.39 is 0 Å². The van der Waals surface area contributed by atoms with E-state index in [9.17, 15) is 4.79 Å². The number of carbonyl (C=O) groups excluding carboxylic acids is 1. The zero-order chi connectivity index (χ0) is 13.6. The quantitative estimate of drug-likeness (QED) is 0.527. The number of aliphatic hydroxyl groups excluding tert-OH is 1. The van der Waals surface area contributed by atoms with Crippen molar-refractivity contribution in [2.24, 2.45) is 5.92 Å². The van der Waals surface area contributed by atoms with Gasteiger partial charge in [0.05, 0.1) is 0 Å². The molecular formula is C15H31NO2. The predicted octanol–water partition coefficient (Wildman–Crippen LogP) is 3.26. The van der Waals surface area contributed by atoms with Crippen LogP contribution < -0.4 is 5.32 Å². The topological polar surface area (TPSA) is 49.3 Å². The van der Waals surface area contributed by atoms with Crippen LogP contribution in [0.25, 0.3) is 0 Å². The van der Waals surface area contributed by atoms with Crippen LogP contribution in [0, 0.1) is 5.92 Å². The van der Waals surface area contributed by atoms with Gasteiger partial charge in [0.1, 0.15) is 0 Å². The molecule has 0 aromatic rings. The van der Waals surface area contributed by atoms with Gasteiger partial charge in [0.15, 0.2) is 0 Å². The highest BCUT2D eigenvalue weighted by molar-refractivity contribution is 5.75. The summed E-state index contributed by atoms with van der Waals surface area (Å²) in [7, 11) is 0. The van der Waals surface area contributed by atoms with Gasteiger partial charge in [-0.25, -0.2) is 0 Å². The Bertz CT molecular complexity index is 195. The molecule has 0 aliphatic heterocycles. The first-order valence-electron chi connectivity index (χ1n) is 7.58. The van der Waals surface area contributed by atoms with Crippen molar-refractivity contribution < 1.29 is 9.90 Å². The molecule has 0 aromatic carbocycles. The van der Waals surface area contributed by atoms with Gasteiger partial charge in [-0.15, -0.1) is 0 Å². The largest absolute Gasteiger partial charge is 0.396 e. The number of rotatable bonds is 12. The lowest BCUT2D eigenvalue weighted by Crippen LogP contribution is -2.24. The monoisotopic (exact) mass is 257 g/mol. The fourth-order valence-electron chi connectivity index (χ4n) is 1.92. The highest BCUT2D eigenvalue weighted by Gasteiger charge is 2.02. The first kappa shape index (κ1) is 17.4. The number of hydrogen-bond acceptors (Lipinski definition) is 2. The zero-order valence-corrected chi connectivity index (χ0v) is 12.2. The van der Waals surface area contributed by atoms with Gasteiger partial charge in [-0.2, -0.15) is 0 Å². The maximum atomic E-state index is 11.5. The molecule has 0 saturated carbocycles. The van der Waals surface area contributed by atoms with E-state index >= 15 is 0 Å². The number of amides is 1. The zero-order valence-electron chi connectivity index (χ0n) is 12.2. The van der Waals surface area contributed by atoms with Crippen molar-refractivity contribution in [3.63, 3.8) is 0 Å². The molecule has 0 fully saturated rings. The second-order valence-corrected chi connectivity index (χ2v) is 5.30. The molecule has 1 amide bonds. The third-order valence-corrected chi connectivity index (χ3v) is 3.26. The van der Waals surface area contributed by atoms with Gasteiger partial charge in [-0.1, -0.05) is 46.0 Å². The van der Waals surface area contributed by atoms with Gasteiger partial charge in [-0.3, -0.25) is 4.79 Å². The van der Waals surface area contributed by atoms with Crippen LogP contribution in [0.5, 0.6) is 0 Å². The van der Waals surface area contributed by atoms with Gasteiger partial charge in [0.25, 0.3) is 0 Å². The third kappa shape index (κ3) is 11.9. The smallest absolute Gasteiger partial charge is 0.219 e. The van der Waals surface area contributed by atoms with Crippen molar-refractivity contribution in [1.29, 1.82) is 0 Å². The van der Waals surface area contributed by atoms with E-state index in [4.69, 9.17) is 5.11 Å². The standard InChI is InChI=1S/C15H31NO2/c1-3-4-5-6-7-8-11-15(18)16-12-9-10-14(2)13-17/h14,17H,3-13H2,1-2H3,(H,16,18). The van der Waals surface area contributed by atoms with Crippen LogP contribution in [0.1, 0.15) is 71.6 Å². The van der Waals surface area contributed by atoms with Crippen LogP contribution >= 0.6 is 0 Å². The summed E-state index contributed by atoms with van der Waals surface area (Å²) in [6.07, 6.45) is 9.95. The highest BCUT2D eigenvalue weighted by atomic mass is 16.3. The van der Waals surface area contributed by atoms with Crippen molar-refractivity contribution in [1.82, 2.24) is 5.32 Å². The SMILES string of the molecule is CCCCCCCCC(=O)NCCCC(C)CO. The summed E-state index contributed by atoms with van der Waals surface area (Å²) in [5.74, 6) is 0.530. The number of hydrogen-bond donors (Lipinski definition) is 2. The Morgan fingerprint density at radius 3 is 2.44 bits per heavy atom. The first-order chi connectivity index (χ1) is 8.70. The van der Waals surface area contributed by atoms with Gasteiger partial charge in [-0.05, 0) is 25.2 Å². The van der Waals surface area contributed by atoms with Crippen molar-refractivity contribution in [3.05, 3.63) is 0 Å². The Labute approximate surface area is 112 Å². The summed E-state index contributed by atoms with van der Waals surface area (Å²) in [4.78, 5) is 11.5. The molecule has 3 heteroatoms. The molecule has 0 spiro atoms. The molecular weight excluding hydrogens is 226 g/mol. The summed E-state index contributed by atoms with van der Waals surface area (Å²) in [5.41, 5.74) is 0. The molecule has 1 atom stereocenters. The first-order valence-corrected chi connectivity index (χ1v) is 7.58. The van der Waals surface area contributed by atoms with Crippen LogP contribution in [-0.4, -0.2) is 24.2 Å². The van der Waals surface area contributed by atoms with Crippen molar-refractivity contribution in [3.8, 4) is 0 Å². The Morgan fingerprint density at radius 2 is 1.78 bits per heavy atom. The number of carbonyl (C=O) groups is 1. The fourth-order valence-corrected chi connectivity index (χ4v) is 1.92. The van der Waals surface area contributed by atoms with Crippen LogP contribution in [0.3, 0.4) is 0 Å². The summed E-state index contributed by atoms with van der Waals surface area (Å²) >= 11 is 0. The van der Waals surface area contributed by atoms with Gasteiger partial charge < -0.3 is 10.4 Å². The van der Waals surface area contributed by atoms with Crippen LogP contribution in [-0.2, 0) is 4.79 Å². The van der Waals surface area contributed by atoms with Crippen molar-refractivity contribution >= 4 is 5.91 Å². The van der Waals surface area contributed by atoms with Crippen LogP contribution in [0.4, 0.5) is 0 Å². The molecule has 0 saturated heterocycles. The van der Waals surface area contributed by atoms with Gasteiger partial charge in [0, 0.05) is 19.6 Å². The molecule has 0 rings (SSSR count). The minimum atomic E-state index is 0.183. The average Bonchev–Trinajstić information content (AvgIpc) is 2.38. The molecule has 0 bridgehead atoms. The van der Waals surface area contributed by atoms with E-state index in [1.807, 2.05) is 6.92 Å². The Kier molecular flexibility index (Phi) is 12.5. The van der Waals surface area contributed by atoms with Crippen molar-refractivity contribution in [2.45, 2.75) is 71.6 Å². The van der Waals surface area contributed by atoms with E-state index in [-0.39, 0.29) is 12.5 Å². The number of unbranched alkanes of at least 4 members (excludes halogenated alkanes) is 5. The van der Waals surface area contributed by atoms with Crippen molar-refractivity contribution in [2.75, 3.05) is 13.2 Å². The summed E-state index contributed by atoms with van der Waals surface area (Å²) < 4.78 is 0. The molecule has 0 aromatic heterocycles. The lowest BCUT2D eigenvalue weighted by Gasteiger charge is -2.08. The normalized spacial score (nSPS) is 12.4. The molecule has 18 heavy (non-hydrogen) atoms. The summed E-state index contributed by atoms with van der Waals surface area (Å²) in [6.45, 7) is 5.23. The summed E-state index contributed by atoms with van der Waals surface area (Å²) in [6, 6.07) is 0. The number of nitrogens with one attached hydrogen (secondary N) is 1. The molecule has 2 N–H and O–H groups in total. The maximum Gasteiger partial charge on any atom is 0.219 e. The van der Waals surface area contributed by atoms with Crippen LogP contribution in [0.2, 0.25) is 0 Å². The molecule has 1 unspecified atom stereocenters. The Morgan fingerprint density at radius 1 is 1.11 bits per heavy atom. The second kappa shape index (κ2) is 12.9. The molecule has 108 valence electrons. The third-order valence-electron chi connectivity index (χ3n) is 3.26. The van der Waals surface area contributed by atoms with E-state index in [0.29, 0.717) is 12.3 Å². The fraction of sp³-hybridized carbons (Fsp3) is 0.933. The van der Waals surface area contributed by atoms with E-state index in [0.717, 1.165) is 25.8 Å². The minimum Gasteiger partial charge on any atom is -0.396 e. The molecule has 0 radical (unpaired) electrons. The van der Waals surface area contributed by atoms with E-state index in [1.54, 1.807) is 0 Å². The van der Waals surface area contributed by atoms with Gasteiger partial charge in [0.2, 0.25) is 5.91 Å². The number of aliphatic hydroxyl groups is 1.